The SMILES string of the molecule is C[C@@H](NC(=O)CNC(=O)CNC(=O)c1cccs1)c1ccc(F)cc1F. The van der Waals surface area contributed by atoms with Crippen molar-refractivity contribution in [2.75, 3.05) is 13.1 Å². The third-order valence-electron chi connectivity index (χ3n) is 3.41. The molecule has 0 unspecified atom stereocenters. The van der Waals surface area contributed by atoms with E-state index in [0.717, 1.165) is 12.1 Å². The zero-order valence-corrected chi connectivity index (χ0v) is 14.7. The topological polar surface area (TPSA) is 87.3 Å². The maximum Gasteiger partial charge on any atom is 0.261 e. The summed E-state index contributed by atoms with van der Waals surface area (Å²) in [5, 5.41) is 9.02. The molecule has 6 nitrogen and oxygen atoms in total. The van der Waals surface area contributed by atoms with Crippen LogP contribution in [0, 0.1) is 11.6 Å². The van der Waals surface area contributed by atoms with Gasteiger partial charge in [-0.2, -0.15) is 0 Å². The summed E-state index contributed by atoms with van der Waals surface area (Å²) < 4.78 is 26.6. The number of carbonyl (C=O) groups is 3. The summed E-state index contributed by atoms with van der Waals surface area (Å²) >= 11 is 1.25. The summed E-state index contributed by atoms with van der Waals surface area (Å²) in [4.78, 5) is 35.7. The van der Waals surface area contributed by atoms with Gasteiger partial charge in [-0.3, -0.25) is 14.4 Å². The van der Waals surface area contributed by atoms with E-state index in [2.05, 4.69) is 16.0 Å². The Balaban J connectivity index is 1.73. The molecule has 0 spiro atoms. The second kappa shape index (κ2) is 9.04. The summed E-state index contributed by atoms with van der Waals surface area (Å²) in [5.74, 6) is -2.93. The van der Waals surface area contributed by atoms with Crippen molar-refractivity contribution in [3.63, 3.8) is 0 Å². The van der Waals surface area contributed by atoms with E-state index in [0.29, 0.717) is 4.88 Å². The Morgan fingerprint density at radius 3 is 2.46 bits per heavy atom. The van der Waals surface area contributed by atoms with Gasteiger partial charge < -0.3 is 16.0 Å². The highest BCUT2D eigenvalue weighted by atomic mass is 32.1. The van der Waals surface area contributed by atoms with Crippen LogP contribution in [0.1, 0.15) is 28.2 Å². The number of rotatable bonds is 7. The predicted octanol–water partition coefficient (Wildman–Crippen LogP) is 1.75. The molecular formula is C17H17F2N3O3S. The third-order valence-corrected chi connectivity index (χ3v) is 4.28. The standard InChI is InChI=1S/C17H17F2N3O3S/c1-10(12-5-4-11(18)7-13(12)19)22-16(24)9-20-15(23)8-21-17(25)14-3-2-6-26-14/h2-7,10H,8-9H2,1H3,(H,20,23)(H,21,25)(H,22,24)/t10-/m1/s1. The van der Waals surface area contributed by atoms with Crippen LogP contribution in [-0.2, 0) is 9.59 Å². The molecule has 0 aliphatic carbocycles. The van der Waals surface area contributed by atoms with Crippen LogP contribution >= 0.6 is 11.3 Å². The molecule has 2 rings (SSSR count). The molecule has 0 saturated carbocycles. The van der Waals surface area contributed by atoms with E-state index in [-0.39, 0.29) is 24.6 Å². The number of hydrogen-bond acceptors (Lipinski definition) is 4. The van der Waals surface area contributed by atoms with Gasteiger partial charge in [0.1, 0.15) is 11.6 Å². The number of thiophene rings is 1. The molecule has 1 aromatic heterocycles. The predicted molar refractivity (Wildman–Crippen MR) is 92.6 cm³/mol. The molecule has 9 heteroatoms. The zero-order valence-electron chi connectivity index (χ0n) is 13.8. The smallest absolute Gasteiger partial charge is 0.261 e. The van der Waals surface area contributed by atoms with Gasteiger partial charge >= 0.3 is 0 Å². The Labute approximate surface area is 152 Å². The summed E-state index contributed by atoms with van der Waals surface area (Å²) in [6, 6.07) is 5.72. The maximum atomic E-state index is 13.7. The molecule has 1 atom stereocenters. The van der Waals surface area contributed by atoms with Crippen LogP contribution < -0.4 is 16.0 Å². The highest BCUT2D eigenvalue weighted by molar-refractivity contribution is 7.12. The first kappa shape index (κ1) is 19.5. The van der Waals surface area contributed by atoms with Crippen LogP contribution in [0.3, 0.4) is 0 Å². The van der Waals surface area contributed by atoms with Crippen molar-refractivity contribution in [2.45, 2.75) is 13.0 Å². The minimum atomic E-state index is -0.766. The van der Waals surface area contributed by atoms with Gasteiger partial charge in [0.25, 0.3) is 5.91 Å². The summed E-state index contributed by atoms with van der Waals surface area (Å²) in [7, 11) is 0. The lowest BCUT2D eigenvalue weighted by molar-refractivity contribution is -0.125. The minimum Gasteiger partial charge on any atom is -0.348 e. The molecule has 0 radical (unpaired) electrons. The lowest BCUT2D eigenvalue weighted by Gasteiger charge is -2.15. The van der Waals surface area contributed by atoms with Gasteiger partial charge in [0.2, 0.25) is 11.8 Å². The van der Waals surface area contributed by atoms with Crippen molar-refractivity contribution in [2.24, 2.45) is 0 Å². The molecular weight excluding hydrogens is 364 g/mol. The van der Waals surface area contributed by atoms with Crippen molar-refractivity contribution in [1.29, 1.82) is 0 Å². The Morgan fingerprint density at radius 2 is 1.81 bits per heavy atom. The zero-order chi connectivity index (χ0) is 19.1. The molecule has 1 aromatic carbocycles. The van der Waals surface area contributed by atoms with Gasteiger partial charge in [0.15, 0.2) is 0 Å². The summed E-state index contributed by atoms with van der Waals surface area (Å²) in [5.41, 5.74) is 0.134. The Kier molecular flexibility index (Phi) is 6.79. The maximum absolute atomic E-state index is 13.7. The number of benzene rings is 1. The minimum absolute atomic E-state index is 0.134. The van der Waals surface area contributed by atoms with Crippen LogP contribution in [0.2, 0.25) is 0 Å². The first-order chi connectivity index (χ1) is 12.4. The van der Waals surface area contributed by atoms with Crippen molar-refractivity contribution in [3.05, 3.63) is 57.8 Å². The van der Waals surface area contributed by atoms with E-state index in [1.54, 1.807) is 17.5 Å². The number of halogens is 2. The molecule has 138 valence electrons. The second-order valence-corrected chi connectivity index (χ2v) is 6.34. The first-order valence-corrected chi connectivity index (χ1v) is 8.57. The van der Waals surface area contributed by atoms with E-state index in [1.165, 1.54) is 24.3 Å². The fourth-order valence-electron chi connectivity index (χ4n) is 2.12. The first-order valence-electron chi connectivity index (χ1n) is 7.69. The van der Waals surface area contributed by atoms with Crippen molar-refractivity contribution in [1.82, 2.24) is 16.0 Å². The Bertz CT molecular complexity index is 797. The average molecular weight is 381 g/mol. The molecule has 0 fully saturated rings. The fraction of sp³-hybridized carbons (Fsp3) is 0.235. The van der Waals surface area contributed by atoms with Gasteiger partial charge in [0, 0.05) is 11.6 Å². The van der Waals surface area contributed by atoms with Gasteiger partial charge in [-0.25, -0.2) is 8.78 Å². The van der Waals surface area contributed by atoms with Crippen LogP contribution in [0.4, 0.5) is 8.78 Å². The third kappa shape index (κ3) is 5.62. The number of carbonyl (C=O) groups excluding carboxylic acids is 3. The molecule has 3 N–H and O–H groups in total. The number of hydrogen-bond donors (Lipinski definition) is 3. The Morgan fingerprint density at radius 1 is 1.08 bits per heavy atom. The lowest BCUT2D eigenvalue weighted by atomic mass is 10.1. The molecule has 26 heavy (non-hydrogen) atoms. The van der Waals surface area contributed by atoms with E-state index >= 15 is 0 Å². The lowest BCUT2D eigenvalue weighted by Crippen LogP contribution is -2.42. The van der Waals surface area contributed by atoms with Gasteiger partial charge in [-0.15, -0.1) is 11.3 Å². The van der Waals surface area contributed by atoms with E-state index < -0.39 is 29.5 Å². The highest BCUT2D eigenvalue weighted by Crippen LogP contribution is 2.17. The van der Waals surface area contributed by atoms with Gasteiger partial charge in [0.05, 0.1) is 24.0 Å². The highest BCUT2D eigenvalue weighted by Gasteiger charge is 2.15. The molecule has 2 aromatic rings. The van der Waals surface area contributed by atoms with Crippen molar-refractivity contribution < 1.29 is 23.2 Å². The molecule has 3 amide bonds. The van der Waals surface area contributed by atoms with E-state index in [1.807, 2.05) is 0 Å². The largest absolute Gasteiger partial charge is 0.348 e. The van der Waals surface area contributed by atoms with Crippen molar-refractivity contribution in [3.8, 4) is 0 Å². The quantitative estimate of drug-likeness (QED) is 0.683. The number of nitrogens with one attached hydrogen (secondary N) is 3. The summed E-state index contributed by atoms with van der Waals surface area (Å²) in [6.45, 7) is 0.935. The van der Waals surface area contributed by atoms with Gasteiger partial charge in [-0.1, -0.05) is 12.1 Å². The van der Waals surface area contributed by atoms with Crippen molar-refractivity contribution >= 4 is 29.1 Å². The van der Waals surface area contributed by atoms with Gasteiger partial charge in [-0.05, 0) is 24.4 Å². The van der Waals surface area contributed by atoms with Crippen LogP contribution in [0.25, 0.3) is 0 Å². The average Bonchev–Trinajstić information content (AvgIpc) is 3.12. The molecule has 0 bridgehead atoms. The number of amides is 3. The van der Waals surface area contributed by atoms with E-state index in [4.69, 9.17) is 0 Å². The Hall–Kier alpha value is -2.81. The molecule has 0 aliphatic heterocycles. The monoisotopic (exact) mass is 381 g/mol. The van der Waals surface area contributed by atoms with Crippen LogP contribution in [0.5, 0.6) is 0 Å². The molecule has 1 heterocycles. The fourth-order valence-corrected chi connectivity index (χ4v) is 2.76. The summed E-state index contributed by atoms with van der Waals surface area (Å²) in [6.07, 6.45) is 0. The van der Waals surface area contributed by atoms with E-state index in [9.17, 15) is 23.2 Å². The van der Waals surface area contributed by atoms with Crippen LogP contribution in [0.15, 0.2) is 35.7 Å². The normalized spacial score (nSPS) is 11.5. The second-order valence-electron chi connectivity index (χ2n) is 5.39. The molecule has 0 aliphatic rings. The molecule has 0 saturated heterocycles. The van der Waals surface area contributed by atoms with Crippen LogP contribution in [-0.4, -0.2) is 30.8 Å².